The molecular weight excluding hydrogens is 380 g/mol. The fourth-order valence-electron chi connectivity index (χ4n) is 5.29. The number of aromatic nitrogens is 2. The lowest BCUT2D eigenvalue weighted by molar-refractivity contribution is 0.0612. The second-order valence-corrected chi connectivity index (χ2v) is 8.58. The molecule has 0 saturated carbocycles. The van der Waals surface area contributed by atoms with Crippen LogP contribution >= 0.6 is 0 Å². The Labute approximate surface area is 177 Å². The monoisotopic (exact) mass is 410 g/mol. The number of rotatable bonds is 4. The Morgan fingerprint density at radius 2 is 1.87 bits per heavy atom. The number of nitrogens with zero attached hydrogens (tertiary/aromatic N) is 4. The van der Waals surface area contributed by atoms with E-state index in [1.165, 1.54) is 5.56 Å². The van der Waals surface area contributed by atoms with E-state index < -0.39 is 0 Å². The van der Waals surface area contributed by atoms with Gasteiger partial charge < -0.3 is 14.4 Å². The summed E-state index contributed by atoms with van der Waals surface area (Å²) in [6.07, 6.45) is 3.57. The van der Waals surface area contributed by atoms with Crippen LogP contribution in [0.2, 0.25) is 0 Å². The number of fused-ring (bicyclic) bond motifs is 1. The molecule has 3 aliphatic rings. The van der Waals surface area contributed by atoms with E-state index in [-0.39, 0.29) is 11.9 Å². The zero-order chi connectivity index (χ0) is 20.5. The van der Waals surface area contributed by atoms with Gasteiger partial charge in [-0.3, -0.25) is 14.4 Å². The van der Waals surface area contributed by atoms with E-state index in [0.717, 1.165) is 39.4 Å². The van der Waals surface area contributed by atoms with Gasteiger partial charge in [-0.15, -0.1) is 0 Å². The number of hydrogen-bond acceptors (Lipinski definition) is 5. The third-order valence-electron chi connectivity index (χ3n) is 6.81. The van der Waals surface area contributed by atoms with Crippen LogP contribution < -0.4 is 0 Å². The largest absolute Gasteiger partial charge is 0.377 e. The highest BCUT2D eigenvalue weighted by Crippen LogP contribution is 2.46. The average Bonchev–Trinajstić information content (AvgIpc) is 3.43. The van der Waals surface area contributed by atoms with Crippen LogP contribution in [0.3, 0.4) is 0 Å². The first-order valence-electron chi connectivity index (χ1n) is 11.0. The van der Waals surface area contributed by atoms with Gasteiger partial charge in [-0.25, -0.2) is 0 Å². The third-order valence-corrected chi connectivity index (χ3v) is 6.81. The molecule has 3 aliphatic heterocycles. The van der Waals surface area contributed by atoms with Gasteiger partial charge in [0.15, 0.2) is 0 Å². The van der Waals surface area contributed by atoms with Gasteiger partial charge in [-0.2, -0.15) is 5.10 Å². The molecule has 30 heavy (non-hydrogen) atoms. The molecule has 7 heteroatoms. The molecule has 0 radical (unpaired) electrons. The first-order valence-corrected chi connectivity index (χ1v) is 11.0. The molecule has 3 fully saturated rings. The maximum absolute atomic E-state index is 13.4. The molecule has 0 bridgehead atoms. The smallest absolute Gasteiger partial charge is 0.257 e. The summed E-state index contributed by atoms with van der Waals surface area (Å²) < 4.78 is 13.3. The number of carbonyl (C=O) groups excluding carboxylic acids is 1. The van der Waals surface area contributed by atoms with Crippen LogP contribution in [0.4, 0.5) is 0 Å². The predicted octanol–water partition coefficient (Wildman–Crippen LogP) is 2.06. The maximum Gasteiger partial charge on any atom is 0.257 e. The second-order valence-electron chi connectivity index (χ2n) is 8.58. The molecule has 0 spiro atoms. The Morgan fingerprint density at radius 3 is 2.57 bits per heavy atom. The summed E-state index contributed by atoms with van der Waals surface area (Å²) in [5.41, 5.74) is 1.90. The van der Waals surface area contributed by atoms with Crippen molar-refractivity contribution in [1.29, 1.82) is 0 Å². The van der Waals surface area contributed by atoms with E-state index in [4.69, 9.17) is 9.47 Å². The first kappa shape index (κ1) is 19.7. The van der Waals surface area contributed by atoms with E-state index in [1.54, 1.807) is 6.20 Å². The molecular formula is C23H30N4O3. The van der Waals surface area contributed by atoms with Gasteiger partial charge in [0.05, 0.1) is 50.3 Å². The van der Waals surface area contributed by atoms with Crippen LogP contribution in [-0.2, 0) is 16.0 Å². The highest BCUT2D eigenvalue weighted by atomic mass is 16.5. The Bertz CT molecular complexity index is 862. The zero-order valence-corrected chi connectivity index (χ0v) is 17.5. The minimum atomic E-state index is 0.0886. The molecule has 4 heterocycles. The summed E-state index contributed by atoms with van der Waals surface area (Å²) in [4.78, 5) is 18.0. The van der Waals surface area contributed by atoms with Crippen molar-refractivity contribution in [2.75, 3.05) is 46.1 Å². The van der Waals surface area contributed by atoms with Gasteiger partial charge in [-0.1, -0.05) is 30.3 Å². The van der Waals surface area contributed by atoms with Gasteiger partial charge in [0.25, 0.3) is 5.91 Å². The van der Waals surface area contributed by atoms with E-state index in [2.05, 4.69) is 39.2 Å². The molecule has 0 aliphatic carbocycles. The molecule has 0 unspecified atom stereocenters. The number of amides is 1. The van der Waals surface area contributed by atoms with E-state index in [9.17, 15) is 4.79 Å². The fraction of sp³-hybridized carbons (Fsp3) is 0.565. The Balaban J connectivity index is 1.39. The van der Waals surface area contributed by atoms with Crippen LogP contribution in [0.25, 0.3) is 0 Å². The Kier molecular flexibility index (Phi) is 5.58. The Morgan fingerprint density at radius 1 is 1.10 bits per heavy atom. The summed E-state index contributed by atoms with van der Waals surface area (Å²) in [5.74, 6) is 0.968. The molecule has 3 atom stereocenters. The SMILES string of the molecule is CCn1cc(C(=O)N2C[C@@H]3CN(C4COCCOC4)C[C@@H]3[C@H]2c2ccccc2)cn1. The number of likely N-dealkylation sites (tertiary alicyclic amines) is 2. The van der Waals surface area contributed by atoms with Gasteiger partial charge in [-0.05, 0) is 18.4 Å². The standard InChI is InChI=1S/C23H30N4O3/c1-2-26-12-18(10-24-26)23(28)27-13-19-11-25(20-15-29-8-9-30-16-20)14-21(19)22(27)17-6-4-3-5-7-17/h3-7,10,12,19-22H,2,8-9,11,13-16H2,1H3/t19-,21-,22+/m0/s1. The van der Waals surface area contributed by atoms with Crippen LogP contribution in [0.15, 0.2) is 42.7 Å². The topological polar surface area (TPSA) is 59.8 Å². The molecule has 7 nitrogen and oxygen atoms in total. The van der Waals surface area contributed by atoms with Crippen molar-refractivity contribution in [2.24, 2.45) is 11.8 Å². The highest BCUT2D eigenvalue weighted by molar-refractivity contribution is 5.94. The summed E-state index contributed by atoms with van der Waals surface area (Å²) in [7, 11) is 0. The third kappa shape index (κ3) is 3.66. The van der Waals surface area contributed by atoms with Gasteiger partial charge in [0.2, 0.25) is 0 Å². The lowest BCUT2D eigenvalue weighted by Gasteiger charge is -2.32. The lowest BCUT2D eigenvalue weighted by atomic mass is 9.89. The predicted molar refractivity (Wildman–Crippen MR) is 112 cm³/mol. The first-order chi connectivity index (χ1) is 14.7. The molecule has 5 rings (SSSR count). The maximum atomic E-state index is 13.4. The summed E-state index contributed by atoms with van der Waals surface area (Å²) >= 11 is 0. The average molecular weight is 411 g/mol. The minimum Gasteiger partial charge on any atom is -0.377 e. The van der Waals surface area contributed by atoms with Crippen molar-refractivity contribution < 1.29 is 14.3 Å². The molecule has 1 aromatic carbocycles. The summed E-state index contributed by atoms with van der Waals surface area (Å²) in [6.45, 7) is 8.36. The Hall–Kier alpha value is -2.22. The van der Waals surface area contributed by atoms with Gasteiger partial charge in [0.1, 0.15) is 0 Å². The number of hydrogen-bond donors (Lipinski definition) is 0. The number of aryl methyl sites for hydroxylation is 1. The number of benzene rings is 1. The quantitative estimate of drug-likeness (QED) is 0.772. The molecule has 1 amide bonds. The lowest BCUT2D eigenvalue weighted by Crippen LogP contribution is -2.42. The summed E-state index contributed by atoms with van der Waals surface area (Å²) in [5, 5.41) is 4.31. The molecule has 3 saturated heterocycles. The second kappa shape index (κ2) is 8.49. The van der Waals surface area contributed by atoms with Crippen molar-refractivity contribution in [3.63, 3.8) is 0 Å². The zero-order valence-electron chi connectivity index (χ0n) is 17.5. The van der Waals surface area contributed by atoms with Crippen molar-refractivity contribution in [1.82, 2.24) is 19.6 Å². The van der Waals surface area contributed by atoms with Crippen molar-refractivity contribution in [3.05, 3.63) is 53.9 Å². The van der Waals surface area contributed by atoms with E-state index in [0.29, 0.717) is 36.7 Å². The van der Waals surface area contributed by atoms with Gasteiger partial charge in [0, 0.05) is 38.3 Å². The number of carbonyl (C=O) groups is 1. The van der Waals surface area contributed by atoms with Crippen molar-refractivity contribution in [3.8, 4) is 0 Å². The van der Waals surface area contributed by atoms with Crippen molar-refractivity contribution in [2.45, 2.75) is 25.6 Å². The normalized spacial score (nSPS) is 27.9. The molecule has 0 N–H and O–H groups in total. The number of ether oxygens (including phenoxy) is 2. The van der Waals surface area contributed by atoms with Crippen LogP contribution in [0, 0.1) is 11.8 Å². The van der Waals surface area contributed by atoms with E-state index in [1.807, 2.05) is 23.9 Å². The van der Waals surface area contributed by atoms with Crippen LogP contribution in [-0.4, -0.2) is 77.6 Å². The van der Waals surface area contributed by atoms with Gasteiger partial charge >= 0.3 is 0 Å². The van der Waals surface area contributed by atoms with Crippen molar-refractivity contribution >= 4 is 5.91 Å². The summed E-state index contributed by atoms with van der Waals surface area (Å²) in [6, 6.07) is 10.9. The minimum absolute atomic E-state index is 0.0886. The molecule has 2 aromatic rings. The van der Waals surface area contributed by atoms with Crippen LogP contribution in [0.1, 0.15) is 28.9 Å². The highest BCUT2D eigenvalue weighted by Gasteiger charge is 2.50. The van der Waals surface area contributed by atoms with Crippen LogP contribution in [0.5, 0.6) is 0 Å². The molecule has 160 valence electrons. The molecule has 1 aromatic heterocycles. The fourth-order valence-corrected chi connectivity index (χ4v) is 5.29. The van der Waals surface area contributed by atoms with E-state index >= 15 is 0 Å².